The molecule has 2 N–H and O–H groups in total. The summed E-state index contributed by atoms with van der Waals surface area (Å²) < 4.78 is 106. The van der Waals surface area contributed by atoms with E-state index >= 15 is 0 Å². The van der Waals surface area contributed by atoms with E-state index in [4.69, 9.17) is 24.4 Å². The van der Waals surface area contributed by atoms with Crippen molar-refractivity contribution in [2.24, 2.45) is 22.0 Å². The molecule has 2 aromatic carbocycles. The number of hydrogen-bond acceptors (Lipinski definition) is 8. The third-order valence-corrected chi connectivity index (χ3v) is 7.93. The molecule has 3 aromatic rings. The molecule has 0 spiro atoms. The van der Waals surface area contributed by atoms with Gasteiger partial charge in [-0.2, -0.15) is 13.2 Å². The summed E-state index contributed by atoms with van der Waals surface area (Å²) in [5.41, 5.74) is 0.511. The molecule has 0 aliphatic carbocycles. The van der Waals surface area contributed by atoms with Crippen LogP contribution in [-0.2, 0) is 9.53 Å². The second kappa shape index (κ2) is 13.5. The molecule has 0 aliphatic heterocycles. The van der Waals surface area contributed by atoms with E-state index in [1.807, 2.05) is 20.8 Å². The molecule has 0 radical (unpaired) electrons. The Morgan fingerprint density at radius 1 is 0.812 bits per heavy atom. The highest BCUT2D eigenvalue weighted by Crippen LogP contribution is 2.43. The summed E-state index contributed by atoms with van der Waals surface area (Å²) in [5.74, 6) is -1.34. The zero-order valence-corrected chi connectivity index (χ0v) is 28.1. The molecule has 1 heterocycles. The zero-order chi connectivity index (χ0) is 36.5. The summed E-state index contributed by atoms with van der Waals surface area (Å²) >= 11 is 0. The first kappa shape index (κ1) is 38.5. The number of carbonyl (C=O) groups is 1. The molecule has 266 valence electrons. The van der Waals surface area contributed by atoms with Crippen molar-refractivity contribution in [1.82, 2.24) is 0 Å². The van der Waals surface area contributed by atoms with Gasteiger partial charge in [0, 0.05) is 34.0 Å². The van der Waals surface area contributed by atoms with Crippen LogP contribution in [0.1, 0.15) is 61.3 Å². The molecule has 0 aliphatic rings. The van der Waals surface area contributed by atoms with Crippen LogP contribution >= 0.6 is 0 Å². The van der Waals surface area contributed by atoms with E-state index in [0.717, 1.165) is 6.07 Å². The lowest BCUT2D eigenvalue weighted by Crippen LogP contribution is -2.56. The molecule has 3 rings (SSSR count). The number of rotatable bonds is 12. The summed E-state index contributed by atoms with van der Waals surface area (Å²) in [5, 5.41) is 0.278. The van der Waals surface area contributed by atoms with Gasteiger partial charge >= 0.3 is 24.1 Å². The van der Waals surface area contributed by atoms with E-state index in [2.05, 4.69) is 4.74 Å². The Balaban J connectivity index is 1.89. The van der Waals surface area contributed by atoms with E-state index in [0.29, 0.717) is 6.42 Å². The van der Waals surface area contributed by atoms with Gasteiger partial charge in [0.1, 0.15) is 29.4 Å². The third-order valence-electron chi connectivity index (χ3n) is 7.93. The number of nitrogens with two attached hydrogens (primary N) is 1. The van der Waals surface area contributed by atoms with Gasteiger partial charge < -0.3 is 29.1 Å². The average Bonchev–Trinajstić information content (AvgIpc) is 2.91. The smallest absolute Gasteiger partial charge is 0.497 e. The molecule has 8 nitrogen and oxygen atoms in total. The summed E-state index contributed by atoms with van der Waals surface area (Å²) in [6.07, 6.45) is -10.7. The molecule has 48 heavy (non-hydrogen) atoms. The highest BCUT2D eigenvalue weighted by Gasteiger charge is 2.49. The first-order valence-corrected chi connectivity index (χ1v) is 14.9. The number of ether oxygens (including phenoxy) is 4. The summed E-state index contributed by atoms with van der Waals surface area (Å²) in [4.78, 5) is 26.3. The number of fused-ring (bicyclic) bond motifs is 1. The Bertz CT molecular complexity index is 1670. The van der Waals surface area contributed by atoms with Crippen LogP contribution in [0.5, 0.6) is 17.2 Å². The Morgan fingerprint density at radius 3 is 1.98 bits per heavy atom. The summed E-state index contributed by atoms with van der Waals surface area (Å²) in [7, 11) is 1.25. The van der Waals surface area contributed by atoms with Gasteiger partial charge in [-0.3, -0.25) is 4.79 Å². The number of esters is 1. The largest absolute Gasteiger partial charge is 0.573 e. The number of methoxy groups -OCH3 is 1. The van der Waals surface area contributed by atoms with Crippen molar-refractivity contribution in [3.8, 4) is 28.4 Å². The fourth-order valence-corrected chi connectivity index (χ4v) is 5.34. The van der Waals surface area contributed by atoms with Crippen LogP contribution in [0.4, 0.5) is 26.3 Å². The lowest BCUT2D eigenvalue weighted by Gasteiger charge is -2.43. The number of hydrogen-bond donors (Lipinski definition) is 1. The normalized spacial score (nSPS) is 15.4. The van der Waals surface area contributed by atoms with Crippen molar-refractivity contribution in [2.45, 2.75) is 79.4 Å². The first-order valence-electron chi connectivity index (χ1n) is 14.9. The van der Waals surface area contributed by atoms with Gasteiger partial charge in [0.15, 0.2) is 0 Å². The molecule has 0 saturated carbocycles. The van der Waals surface area contributed by atoms with Crippen LogP contribution in [0.15, 0.2) is 51.7 Å². The van der Waals surface area contributed by atoms with Crippen LogP contribution in [-0.4, -0.2) is 44.4 Å². The highest BCUT2D eigenvalue weighted by molar-refractivity contribution is 5.84. The zero-order valence-electron chi connectivity index (χ0n) is 28.1. The van der Waals surface area contributed by atoms with Crippen molar-refractivity contribution in [1.29, 1.82) is 0 Å². The second-order valence-electron chi connectivity index (χ2n) is 14.3. The molecule has 2 unspecified atom stereocenters. The van der Waals surface area contributed by atoms with Crippen molar-refractivity contribution in [2.75, 3.05) is 20.3 Å². The molecular formula is C34H41F6NO7. The van der Waals surface area contributed by atoms with Gasteiger partial charge in [-0.05, 0) is 62.9 Å². The number of halogens is 6. The van der Waals surface area contributed by atoms with Gasteiger partial charge in [-0.1, -0.05) is 27.7 Å². The average molecular weight is 690 g/mol. The summed E-state index contributed by atoms with van der Waals surface area (Å²) in [6, 6.07) is 8.90. The van der Waals surface area contributed by atoms with Gasteiger partial charge in [-0.25, -0.2) is 4.79 Å². The molecule has 0 fully saturated rings. The fourth-order valence-electron chi connectivity index (χ4n) is 5.34. The standard InChI is InChI=1S/C34H41F6NO7/c1-29(2,3)16-32(7,30(4,5)41)28(43)46-19-31(6,17-33(35,36)37)18-45-22-10-9-20-13-24(27(42)47-25(20)15-22)23-12-11-21(44-8)14-26(23)48-34(38,39)40/h9-15H,16-19,41H2,1-8H3. The van der Waals surface area contributed by atoms with Gasteiger partial charge in [0.2, 0.25) is 0 Å². The van der Waals surface area contributed by atoms with E-state index in [1.165, 1.54) is 50.4 Å². The SMILES string of the molecule is COc1ccc(-c2cc3ccc(OCC(C)(COC(=O)C(C)(CC(C)(C)C)C(C)(C)N)CC(F)(F)F)cc3oc2=O)c(OC(F)(F)F)c1. The van der Waals surface area contributed by atoms with E-state index in [1.54, 1.807) is 20.8 Å². The molecule has 0 saturated heterocycles. The maximum Gasteiger partial charge on any atom is 0.573 e. The van der Waals surface area contributed by atoms with Gasteiger partial charge in [0.25, 0.3) is 0 Å². The predicted molar refractivity (Wildman–Crippen MR) is 167 cm³/mol. The van der Waals surface area contributed by atoms with Crippen LogP contribution in [0.25, 0.3) is 22.1 Å². The van der Waals surface area contributed by atoms with Crippen molar-refractivity contribution < 1.29 is 54.5 Å². The number of carbonyl (C=O) groups excluding carboxylic acids is 1. The lowest BCUT2D eigenvalue weighted by molar-refractivity contribution is -0.274. The second-order valence-corrected chi connectivity index (χ2v) is 14.3. The van der Waals surface area contributed by atoms with Crippen LogP contribution in [0.3, 0.4) is 0 Å². The van der Waals surface area contributed by atoms with Crippen molar-refractivity contribution >= 4 is 16.9 Å². The molecule has 0 amide bonds. The Morgan fingerprint density at radius 2 is 1.44 bits per heavy atom. The predicted octanol–water partition coefficient (Wildman–Crippen LogP) is 8.43. The van der Waals surface area contributed by atoms with Gasteiger partial charge in [0.05, 0.1) is 31.1 Å². The van der Waals surface area contributed by atoms with Crippen LogP contribution in [0, 0.1) is 16.2 Å². The maximum absolute atomic E-state index is 13.7. The Hall–Kier alpha value is -3.94. The minimum atomic E-state index is -5.06. The lowest BCUT2D eigenvalue weighted by atomic mass is 9.65. The van der Waals surface area contributed by atoms with E-state index in [9.17, 15) is 35.9 Å². The van der Waals surface area contributed by atoms with Crippen molar-refractivity contribution in [3.63, 3.8) is 0 Å². The van der Waals surface area contributed by atoms with E-state index in [-0.39, 0.29) is 39.0 Å². The monoisotopic (exact) mass is 689 g/mol. The Labute approximate surface area is 274 Å². The minimum Gasteiger partial charge on any atom is -0.497 e. The molecule has 14 heteroatoms. The van der Waals surface area contributed by atoms with Crippen LogP contribution < -0.4 is 25.6 Å². The van der Waals surface area contributed by atoms with Crippen LogP contribution in [0.2, 0.25) is 0 Å². The highest BCUT2D eigenvalue weighted by atomic mass is 19.4. The third kappa shape index (κ3) is 10.0. The topological polar surface area (TPSA) is 110 Å². The number of alkyl halides is 6. The van der Waals surface area contributed by atoms with E-state index < -0.39 is 65.9 Å². The molecule has 2 atom stereocenters. The van der Waals surface area contributed by atoms with Crippen molar-refractivity contribution in [3.05, 3.63) is 52.9 Å². The fraction of sp³-hybridized carbons (Fsp3) is 0.529. The number of benzene rings is 2. The summed E-state index contributed by atoms with van der Waals surface area (Å²) in [6.45, 7) is 10.8. The van der Waals surface area contributed by atoms with Gasteiger partial charge in [-0.15, -0.1) is 13.2 Å². The Kier molecular flexibility index (Phi) is 10.8. The first-order chi connectivity index (χ1) is 21.7. The molecular weight excluding hydrogens is 648 g/mol. The minimum absolute atomic E-state index is 0.0318. The molecule has 1 aromatic heterocycles. The molecule has 0 bridgehead atoms. The maximum atomic E-state index is 13.7. The quantitative estimate of drug-likeness (QED) is 0.115.